The lowest BCUT2D eigenvalue weighted by Crippen LogP contribution is -2.39. The van der Waals surface area contributed by atoms with E-state index in [0.717, 1.165) is 29.0 Å². The number of para-hydroxylation sites is 1. The van der Waals surface area contributed by atoms with Crippen LogP contribution in [0.1, 0.15) is 25.3 Å². The van der Waals surface area contributed by atoms with Crippen LogP contribution < -0.4 is 4.74 Å². The third-order valence-corrected chi connectivity index (χ3v) is 9.11. The van der Waals surface area contributed by atoms with E-state index in [4.69, 9.17) is 22.1 Å². The molecule has 0 radical (unpaired) electrons. The maximum absolute atomic E-state index is 13.3. The third-order valence-electron chi connectivity index (χ3n) is 6.03. The molecule has 2 aliphatic heterocycles. The molecule has 186 valence electrons. The van der Waals surface area contributed by atoms with Gasteiger partial charge in [0.05, 0.1) is 34.7 Å². The van der Waals surface area contributed by atoms with E-state index >= 15 is 0 Å². The molecule has 0 N–H and O–H groups in total. The number of aromatic nitrogens is 2. The Morgan fingerprint density at radius 2 is 2.00 bits per heavy atom. The fraction of sp³-hybridized carbons (Fsp3) is 0.269. The Bertz CT molecular complexity index is 1450. The van der Waals surface area contributed by atoms with Crippen molar-refractivity contribution in [1.29, 1.82) is 0 Å². The lowest BCUT2D eigenvalue weighted by molar-refractivity contribution is -0.123. The second kappa shape index (κ2) is 10.2. The fourth-order valence-electron chi connectivity index (χ4n) is 4.30. The summed E-state index contributed by atoms with van der Waals surface area (Å²) >= 11 is 6.68. The van der Waals surface area contributed by atoms with Crippen LogP contribution in [-0.4, -0.2) is 57.5 Å². The zero-order valence-corrected chi connectivity index (χ0v) is 22.1. The molecule has 0 bridgehead atoms. The Labute approximate surface area is 220 Å². The van der Waals surface area contributed by atoms with E-state index in [1.54, 1.807) is 10.8 Å². The van der Waals surface area contributed by atoms with Crippen molar-refractivity contribution in [3.8, 4) is 22.7 Å². The minimum Gasteiger partial charge on any atom is -0.494 e. The summed E-state index contributed by atoms with van der Waals surface area (Å²) in [7, 11) is -3.14. The maximum Gasteiger partial charge on any atom is 0.266 e. The van der Waals surface area contributed by atoms with Gasteiger partial charge in [-0.05, 0) is 43.2 Å². The smallest absolute Gasteiger partial charge is 0.266 e. The summed E-state index contributed by atoms with van der Waals surface area (Å²) in [6.07, 6.45) is 4.99. The number of thioether (sulfide) groups is 1. The van der Waals surface area contributed by atoms with E-state index in [-0.39, 0.29) is 17.4 Å². The van der Waals surface area contributed by atoms with Crippen molar-refractivity contribution in [2.24, 2.45) is 0 Å². The molecule has 5 rings (SSSR count). The molecule has 2 aliphatic rings. The van der Waals surface area contributed by atoms with Gasteiger partial charge in [-0.2, -0.15) is 5.10 Å². The van der Waals surface area contributed by atoms with Crippen LogP contribution in [0.15, 0.2) is 65.7 Å². The Morgan fingerprint density at radius 3 is 2.72 bits per heavy atom. The van der Waals surface area contributed by atoms with Crippen molar-refractivity contribution in [1.82, 2.24) is 14.7 Å². The minimum absolute atomic E-state index is 0.0472. The fourth-order valence-corrected chi connectivity index (χ4v) is 7.39. The van der Waals surface area contributed by atoms with E-state index in [0.29, 0.717) is 27.9 Å². The summed E-state index contributed by atoms with van der Waals surface area (Å²) in [5.41, 5.74) is 3.21. The summed E-state index contributed by atoms with van der Waals surface area (Å²) in [6.45, 7) is 2.68. The standard InChI is InChI=1S/C26H25N3O4S3/c1-2-12-33-22-10-6-7-18(14-22)24-19(16-28(27-24)20-8-4-3-5-9-20)15-23-25(30)29(26(34)35-23)21-11-13-36(31,32)17-21/h3-10,14-16,21H,2,11-13,17H2,1H3. The van der Waals surface area contributed by atoms with Crippen molar-refractivity contribution >= 4 is 50.1 Å². The van der Waals surface area contributed by atoms with Gasteiger partial charge in [-0.25, -0.2) is 13.1 Å². The molecule has 36 heavy (non-hydrogen) atoms. The highest BCUT2D eigenvalue weighted by Gasteiger charge is 2.42. The number of ether oxygens (including phenoxy) is 1. The Kier molecular flexibility index (Phi) is 7.00. The van der Waals surface area contributed by atoms with Gasteiger partial charge in [-0.1, -0.05) is 61.2 Å². The van der Waals surface area contributed by atoms with Gasteiger partial charge in [0.15, 0.2) is 9.84 Å². The number of carbonyl (C=O) groups excluding carboxylic acids is 1. The average Bonchev–Trinajstić information content (AvgIpc) is 3.53. The highest BCUT2D eigenvalue weighted by atomic mass is 32.2. The van der Waals surface area contributed by atoms with Gasteiger partial charge < -0.3 is 4.74 Å². The largest absolute Gasteiger partial charge is 0.494 e. The highest BCUT2D eigenvalue weighted by Crippen LogP contribution is 2.38. The zero-order valence-electron chi connectivity index (χ0n) is 19.7. The molecule has 0 spiro atoms. The van der Waals surface area contributed by atoms with E-state index < -0.39 is 15.9 Å². The highest BCUT2D eigenvalue weighted by molar-refractivity contribution is 8.26. The molecule has 2 fully saturated rings. The van der Waals surface area contributed by atoms with Gasteiger partial charge in [0, 0.05) is 17.3 Å². The van der Waals surface area contributed by atoms with Crippen molar-refractivity contribution < 1.29 is 17.9 Å². The topological polar surface area (TPSA) is 81.5 Å². The van der Waals surface area contributed by atoms with E-state index in [1.807, 2.05) is 60.8 Å². The number of hydrogen-bond donors (Lipinski definition) is 0. The maximum atomic E-state index is 13.3. The first-order chi connectivity index (χ1) is 17.3. The average molecular weight is 540 g/mol. The van der Waals surface area contributed by atoms with Crippen molar-refractivity contribution in [2.45, 2.75) is 25.8 Å². The van der Waals surface area contributed by atoms with Crippen molar-refractivity contribution in [3.05, 3.63) is 71.3 Å². The van der Waals surface area contributed by atoms with Crippen LogP contribution in [0, 0.1) is 0 Å². The van der Waals surface area contributed by atoms with E-state index in [2.05, 4.69) is 6.92 Å². The van der Waals surface area contributed by atoms with Gasteiger partial charge in [0.1, 0.15) is 15.8 Å². The van der Waals surface area contributed by atoms with Gasteiger partial charge >= 0.3 is 0 Å². The van der Waals surface area contributed by atoms with Crippen LogP contribution in [0.3, 0.4) is 0 Å². The molecule has 10 heteroatoms. The van der Waals surface area contributed by atoms with Crippen molar-refractivity contribution in [2.75, 3.05) is 18.1 Å². The summed E-state index contributed by atoms with van der Waals surface area (Å²) in [6, 6.07) is 17.1. The molecule has 1 amide bonds. The van der Waals surface area contributed by atoms with Crippen LogP contribution in [-0.2, 0) is 14.6 Å². The predicted octanol–water partition coefficient (Wildman–Crippen LogP) is 4.72. The Balaban J connectivity index is 1.53. The summed E-state index contributed by atoms with van der Waals surface area (Å²) in [4.78, 5) is 15.2. The Morgan fingerprint density at radius 1 is 1.19 bits per heavy atom. The predicted molar refractivity (Wildman–Crippen MR) is 147 cm³/mol. The SMILES string of the molecule is CCCOc1cccc(-c2nn(-c3ccccc3)cc2C=C2SC(=S)N(C3CCS(=O)(=O)C3)C2=O)c1. The van der Waals surface area contributed by atoms with Crippen LogP contribution in [0.25, 0.3) is 23.0 Å². The molecule has 7 nitrogen and oxygen atoms in total. The van der Waals surface area contributed by atoms with Gasteiger partial charge in [-0.3, -0.25) is 9.69 Å². The van der Waals surface area contributed by atoms with E-state index in [9.17, 15) is 13.2 Å². The molecule has 1 unspecified atom stereocenters. The van der Waals surface area contributed by atoms with Gasteiger partial charge in [0.25, 0.3) is 5.91 Å². The molecule has 3 heterocycles. The van der Waals surface area contributed by atoms with Crippen LogP contribution in [0.4, 0.5) is 0 Å². The number of nitrogens with zero attached hydrogens (tertiary/aromatic N) is 3. The van der Waals surface area contributed by atoms with Crippen LogP contribution in [0.2, 0.25) is 0 Å². The lowest BCUT2D eigenvalue weighted by Gasteiger charge is -2.20. The molecular formula is C26H25N3O4S3. The second-order valence-electron chi connectivity index (χ2n) is 8.70. The Hall–Kier alpha value is -2.95. The minimum atomic E-state index is -3.14. The summed E-state index contributed by atoms with van der Waals surface area (Å²) < 4.78 is 32.0. The lowest BCUT2D eigenvalue weighted by atomic mass is 10.1. The molecule has 1 atom stereocenters. The number of carbonyl (C=O) groups is 1. The molecule has 1 aromatic heterocycles. The van der Waals surface area contributed by atoms with Crippen LogP contribution >= 0.6 is 24.0 Å². The van der Waals surface area contributed by atoms with Gasteiger partial charge in [-0.15, -0.1) is 0 Å². The van der Waals surface area contributed by atoms with Gasteiger partial charge in [0.2, 0.25) is 0 Å². The molecule has 0 aliphatic carbocycles. The zero-order chi connectivity index (χ0) is 25.3. The number of thiocarbonyl (C=S) groups is 1. The summed E-state index contributed by atoms with van der Waals surface area (Å²) in [5, 5.41) is 4.84. The first-order valence-corrected chi connectivity index (χ1v) is 14.7. The first-order valence-electron chi connectivity index (χ1n) is 11.7. The molecular weight excluding hydrogens is 515 g/mol. The van der Waals surface area contributed by atoms with Crippen molar-refractivity contribution in [3.63, 3.8) is 0 Å². The molecule has 3 aromatic rings. The molecule has 0 saturated carbocycles. The normalized spacial score (nSPS) is 20.4. The molecule has 2 saturated heterocycles. The quantitative estimate of drug-likeness (QED) is 0.318. The summed E-state index contributed by atoms with van der Waals surface area (Å²) in [5.74, 6) is 0.529. The second-order valence-corrected chi connectivity index (χ2v) is 12.6. The number of rotatable bonds is 7. The van der Waals surface area contributed by atoms with Crippen LogP contribution in [0.5, 0.6) is 5.75 Å². The monoisotopic (exact) mass is 539 g/mol. The third kappa shape index (κ3) is 5.11. The number of benzene rings is 2. The first kappa shape index (κ1) is 24.7. The molecule has 2 aromatic carbocycles. The van der Waals surface area contributed by atoms with E-state index in [1.165, 1.54) is 16.7 Å². The number of sulfone groups is 1. The number of amides is 1. The number of hydrogen-bond acceptors (Lipinski definition) is 7.